The summed E-state index contributed by atoms with van der Waals surface area (Å²) >= 11 is 10.9. The van der Waals surface area contributed by atoms with Gasteiger partial charge >= 0.3 is 0 Å². The lowest BCUT2D eigenvalue weighted by Gasteiger charge is -2.05. The van der Waals surface area contributed by atoms with Gasteiger partial charge in [-0.05, 0) is 0 Å². The van der Waals surface area contributed by atoms with Crippen molar-refractivity contribution in [3.8, 4) is 5.75 Å². The molecule has 1 aromatic heterocycles. The summed E-state index contributed by atoms with van der Waals surface area (Å²) in [6, 6.07) is 1.01. The lowest BCUT2D eigenvalue weighted by molar-refractivity contribution is 0.141. The van der Waals surface area contributed by atoms with Crippen molar-refractivity contribution in [2.45, 2.75) is 12.3 Å². The van der Waals surface area contributed by atoms with Gasteiger partial charge in [0.1, 0.15) is 11.4 Å². The number of hydrogen-bond acceptors (Lipinski definition) is 2. The molecule has 2 nitrogen and oxygen atoms in total. The van der Waals surface area contributed by atoms with Gasteiger partial charge in [-0.2, -0.15) is 0 Å². The molecule has 0 atom stereocenters. The van der Waals surface area contributed by atoms with Gasteiger partial charge in [0.15, 0.2) is 0 Å². The Morgan fingerprint density at radius 3 is 2.62 bits per heavy atom. The molecule has 1 aromatic rings. The van der Waals surface area contributed by atoms with Crippen LogP contribution in [0.15, 0.2) is 6.07 Å². The molecule has 0 saturated heterocycles. The molecule has 1 heterocycles. The maximum absolute atomic E-state index is 12.2. The van der Waals surface area contributed by atoms with Gasteiger partial charge < -0.3 is 5.11 Å². The fraction of sp³-hybridized carbons (Fsp3) is 0.286. The van der Waals surface area contributed by atoms with E-state index in [4.69, 9.17) is 28.3 Å². The second-order valence-electron chi connectivity index (χ2n) is 2.26. The van der Waals surface area contributed by atoms with Gasteiger partial charge in [0.25, 0.3) is 6.43 Å². The molecule has 0 aromatic carbocycles. The maximum Gasteiger partial charge on any atom is 0.284 e. The van der Waals surface area contributed by atoms with E-state index in [1.807, 2.05) is 0 Å². The van der Waals surface area contributed by atoms with Crippen molar-refractivity contribution >= 4 is 23.2 Å². The number of hydrogen-bond donors (Lipinski definition) is 1. The third kappa shape index (κ3) is 2.19. The van der Waals surface area contributed by atoms with Crippen LogP contribution in [0.4, 0.5) is 8.78 Å². The van der Waals surface area contributed by atoms with Crippen LogP contribution in [-0.2, 0) is 5.88 Å². The van der Waals surface area contributed by atoms with Crippen molar-refractivity contribution in [3.63, 3.8) is 0 Å². The molecule has 0 radical (unpaired) electrons. The second-order valence-corrected chi connectivity index (χ2v) is 2.93. The van der Waals surface area contributed by atoms with Crippen molar-refractivity contribution < 1.29 is 13.9 Å². The van der Waals surface area contributed by atoms with Gasteiger partial charge in [-0.15, -0.1) is 11.6 Å². The molecule has 0 amide bonds. The molecule has 0 unspecified atom stereocenters. The topological polar surface area (TPSA) is 33.1 Å². The lowest BCUT2D eigenvalue weighted by Crippen LogP contribution is -1.96. The first-order valence-corrected chi connectivity index (χ1v) is 4.20. The van der Waals surface area contributed by atoms with Gasteiger partial charge in [0, 0.05) is 6.07 Å². The van der Waals surface area contributed by atoms with Gasteiger partial charge in [-0.25, -0.2) is 13.8 Å². The Morgan fingerprint density at radius 1 is 1.54 bits per heavy atom. The number of aromatic nitrogens is 1. The van der Waals surface area contributed by atoms with E-state index in [1.54, 1.807) is 0 Å². The Morgan fingerprint density at radius 2 is 2.15 bits per heavy atom. The number of halogens is 4. The van der Waals surface area contributed by atoms with Crippen molar-refractivity contribution in [1.82, 2.24) is 4.98 Å². The lowest BCUT2D eigenvalue weighted by atomic mass is 10.3. The molecule has 0 aliphatic carbocycles. The summed E-state index contributed by atoms with van der Waals surface area (Å²) in [6.45, 7) is 0. The molecule has 0 bridgehead atoms. The largest absolute Gasteiger partial charge is 0.506 e. The third-order valence-corrected chi connectivity index (χ3v) is 1.97. The molecule has 1 N–H and O–H groups in total. The van der Waals surface area contributed by atoms with E-state index in [0.29, 0.717) is 0 Å². The quantitative estimate of drug-likeness (QED) is 0.788. The van der Waals surface area contributed by atoms with Crippen molar-refractivity contribution in [2.75, 3.05) is 0 Å². The summed E-state index contributed by atoms with van der Waals surface area (Å²) in [5.74, 6) is -0.687. The first kappa shape index (κ1) is 10.5. The molecular weight excluding hydrogens is 223 g/mol. The molecule has 0 aliphatic heterocycles. The van der Waals surface area contributed by atoms with E-state index < -0.39 is 17.9 Å². The first-order valence-electron chi connectivity index (χ1n) is 3.28. The van der Waals surface area contributed by atoms with Gasteiger partial charge in [-0.1, -0.05) is 11.6 Å². The van der Waals surface area contributed by atoms with Crippen LogP contribution in [0.25, 0.3) is 0 Å². The van der Waals surface area contributed by atoms with E-state index in [-0.39, 0.29) is 16.6 Å². The summed E-state index contributed by atoms with van der Waals surface area (Å²) in [5, 5.41) is 9.09. The summed E-state index contributed by atoms with van der Waals surface area (Å²) in [4.78, 5) is 3.43. The van der Waals surface area contributed by atoms with E-state index in [1.165, 1.54) is 0 Å². The molecule has 1 rings (SSSR count). The van der Waals surface area contributed by atoms with Crippen molar-refractivity contribution in [1.29, 1.82) is 0 Å². The van der Waals surface area contributed by atoms with Crippen LogP contribution in [0.1, 0.15) is 17.8 Å². The Balaban J connectivity index is 3.22. The summed E-state index contributed by atoms with van der Waals surface area (Å²) in [7, 11) is 0. The average molecular weight is 228 g/mol. The molecule has 13 heavy (non-hydrogen) atoms. The SMILES string of the molecule is Oc1cc(Cl)c(CCl)nc1C(F)F. The van der Waals surface area contributed by atoms with Gasteiger partial charge in [0.2, 0.25) is 0 Å². The molecular formula is C7H5Cl2F2NO. The van der Waals surface area contributed by atoms with Crippen molar-refractivity contribution in [2.24, 2.45) is 0 Å². The summed E-state index contributed by atoms with van der Waals surface area (Å²) in [6.07, 6.45) is -2.83. The molecule has 6 heteroatoms. The van der Waals surface area contributed by atoms with E-state index in [9.17, 15) is 8.78 Å². The monoisotopic (exact) mass is 227 g/mol. The minimum Gasteiger partial charge on any atom is -0.506 e. The van der Waals surface area contributed by atoms with Crippen LogP contribution in [0.3, 0.4) is 0 Å². The number of alkyl halides is 3. The van der Waals surface area contributed by atoms with Crippen molar-refractivity contribution in [3.05, 3.63) is 22.5 Å². The molecule has 0 saturated carbocycles. The van der Waals surface area contributed by atoms with Gasteiger partial charge in [0.05, 0.1) is 16.6 Å². The van der Waals surface area contributed by atoms with Crippen LogP contribution < -0.4 is 0 Å². The predicted molar refractivity (Wildman–Crippen MR) is 45.4 cm³/mol. The van der Waals surface area contributed by atoms with E-state index >= 15 is 0 Å². The average Bonchev–Trinajstić information content (AvgIpc) is 2.03. The standard InChI is InChI=1S/C7H5Cl2F2NO/c8-2-4-3(9)1-5(13)6(12-4)7(10)11/h1,7,13H,2H2. The summed E-state index contributed by atoms with van der Waals surface area (Å²) < 4.78 is 24.3. The minimum atomic E-state index is -2.83. The summed E-state index contributed by atoms with van der Waals surface area (Å²) in [5.41, 5.74) is -0.559. The number of nitrogens with zero attached hydrogens (tertiary/aromatic N) is 1. The fourth-order valence-electron chi connectivity index (χ4n) is 0.788. The normalized spacial score (nSPS) is 10.8. The smallest absolute Gasteiger partial charge is 0.284 e. The zero-order chi connectivity index (χ0) is 10.0. The Kier molecular flexibility index (Phi) is 3.27. The molecule has 72 valence electrons. The highest BCUT2D eigenvalue weighted by Crippen LogP contribution is 2.30. The highest BCUT2D eigenvalue weighted by molar-refractivity contribution is 6.32. The maximum atomic E-state index is 12.2. The second kappa shape index (κ2) is 4.07. The van der Waals surface area contributed by atoms with Crippen LogP contribution in [-0.4, -0.2) is 10.1 Å². The number of pyridine rings is 1. The van der Waals surface area contributed by atoms with Crippen LogP contribution in [0, 0.1) is 0 Å². The molecule has 0 spiro atoms. The molecule has 0 fully saturated rings. The Labute approximate surface area is 83.1 Å². The fourth-order valence-corrected chi connectivity index (χ4v) is 1.27. The van der Waals surface area contributed by atoms with Crippen LogP contribution >= 0.6 is 23.2 Å². The zero-order valence-corrected chi connectivity index (χ0v) is 7.78. The number of aromatic hydroxyl groups is 1. The Bertz CT molecular complexity index is 320. The third-order valence-electron chi connectivity index (χ3n) is 1.39. The van der Waals surface area contributed by atoms with Crippen LogP contribution in [0.5, 0.6) is 5.75 Å². The van der Waals surface area contributed by atoms with Gasteiger partial charge in [-0.3, -0.25) is 0 Å². The predicted octanol–water partition coefficient (Wildman–Crippen LogP) is 3.12. The van der Waals surface area contributed by atoms with E-state index in [0.717, 1.165) is 6.07 Å². The van der Waals surface area contributed by atoms with E-state index in [2.05, 4.69) is 4.98 Å². The first-order chi connectivity index (χ1) is 6.06. The highest BCUT2D eigenvalue weighted by Gasteiger charge is 2.17. The highest BCUT2D eigenvalue weighted by atomic mass is 35.5. The molecule has 0 aliphatic rings. The van der Waals surface area contributed by atoms with Crippen LogP contribution in [0.2, 0.25) is 5.02 Å². The zero-order valence-electron chi connectivity index (χ0n) is 6.27. The Hall–Kier alpha value is -0.610. The minimum absolute atomic E-state index is 0.0706. The number of rotatable bonds is 2.